The van der Waals surface area contributed by atoms with Crippen LogP contribution in [0, 0.1) is 11.8 Å². The topological polar surface area (TPSA) is 52.6 Å². The van der Waals surface area contributed by atoms with E-state index >= 15 is 0 Å². The first-order chi connectivity index (χ1) is 9.06. The van der Waals surface area contributed by atoms with Gasteiger partial charge < -0.3 is 15.3 Å². The summed E-state index contributed by atoms with van der Waals surface area (Å²) in [6, 6.07) is 0.114. The Balaban J connectivity index is 1.68. The SMILES string of the molecule is CC(C)C1CCN(CCC(NC2CC2)C(=O)O)CC1. The fraction of sp³-hybridized carbons (Fsp3) is 0.933. The van der Waals surface area contributed by atoms with Crippen molar-refractivity contribution in [3.63, 3.8) is 0 Å². The lowest BCUT2D eigenvalue weighted by atomic mass is 9.86. The van der Waals surface area contributed by atoms with Crippen molar-refractivity contribution in [2.24, 2.45) is 11.8 Å². The van der Waals surface area contributed by atoms with E-state index in [0.717, 1.165) is 50.7 Å². The Labute approximate surface area is 116 Å². The van der Waals surface area contributed by atoms with Crippen molar-refractivity contribution in [1.29, 1.82) is 0 Å². The Hall–Kier alpha value is -0.610. The molecule has 110 valence electrons. The molecule has 0 aromatic heterocycles. The number of carboxylic acids is 1. The Morgan fingerprint density at radius 3 is 2.37 bits per heavy atom. The molecule has 0 amide bonds. The lowest BCUT2D eigenvalue weighted by Gasteiger charge is -2.34. The Morgan fingerprint density at radius 2 is 1.89 bits per heavy atom. The van der Waals surface area contributed by atoms with E-state index < -0.39 is 5.97 Å². The Bertz CT molecular complexity index is 295. The van der Waals surface area contributed by atoms with Gasteiger partial charge in [-0.25, -0.2) is 0 Å². The second kappa shape index (κ2) is 6.71. The molecule has 0 aromatic rings. The average molecular weight is 268 g/mol. The molecule has 1 aliphatic heterocycles. The smallest absolute Gasteiger partial charge is 0.320 e. The second-order valence-corrected chi connectivity index (χ2v) is 6.54. The van der Waals surface area contributed by atoms with Crippen molar-refractivity contribution >= 4 is 5.97 Å². The van der Waals surface area contributed by atoms with Crippen molar-refractivity contribution in [1.82, 2.24) is 10.2 Å². The zero-order chi connectivity index (χ0) is 13.8. The molecule has 1 aliphatic carbocycles. The van der Waals surface area contributed by atoms with Crippen LogP contribution in [0.3, 0.4) is 0 Å². The summed E-state index contributed by atoms with van der Waals surface area (Å²) in [5.41, 5.74) is 0. The fourth-order valence-electron chi connectivity index (χ4n) is 2.97. The number of piperidine rings is 1. The molecule has 2 fully saturated rings. The van der Waals surface area contributed by atoms with E-state index in [9.17, 15) is 9.90 Å². The molecule has 1 saturated heterocycles. The van der Waals surface area contributed by atoms with Crippen LogP contribution in [0.1, 0.15) is 46.0 Å². The summed E-state index contributed by atoms with van der Waals surface area (Å²) in [6.45, 7) is 7.80. The first-order valence-corrected chi connectivity index (χ1v) is 7.77. The molecule has 1 atom stereocenters. The van der Waals surface area contributed by atoms with Gasteiger partial charge in [0.1, 0.15) is 6.04 Å². The molecule has 0 bridgehead atoms. The maximum atomic E-state index is 11.2. The summed E-state index contributed by atoms with van der Waals surface area (Å²) < 4.78 is 0. The number of hydrogen-bond acceptors (Lipinski definition) is 3. The van der Waals surface area contributed by atoms with Crippen LogP contribution in [0.15, 0.2) is 0 Å². The highest BCUT2D eigenvalue weighted by Crippen LogP contribution is 2.25. The number of carboxylic acid groups (broad SMARTS) is 1. The molecule has 2 N–H and O–H groups in total. The van der Waals surface area contributed by atoms with E-state index in [0.29, 0.717) is 6.04 Å². The normalized spacial score (nSPS) is 23.7. The molecule has 4 nitrogen and oxygen atoms in total. The van der Waals surface area contributed by atoms with E-state index in [1.165, 1.54) is 12.8 Å². The lowest BCUT2D eigenvalue weighted by Crippen LogP contribution is -2.43. The molecular weight excluding hydrogens is 240 g/mol. The highest BCUT2D eigenvalue weighted by Gasteiger charge is 2.29. The highest BCUT2D eigenvalue weighted by atomic mass is 16.4. The van der Waals surface area contributed by atoms with Gasteiger partial charge in [0.15, 0.2) is 0 Å². The number of hydrogen-bond donors (Lipinski definition) is 2. The van der Waals surface area contributed by atoms with Gasteiger partial charge in [-0.2, -0.15) is 0 Å². The van der Waals surface area contributed by atoms with Crippen LogP contribution in [0.5, 0.6) is 0 Å². The van der Waals surface area contributed by atoms with Crippen molar-refractivity contribution in [2.75, 3.05) is 19.6 Å². The van der Waals surface area contributed by atoms with Crippen LogP contribution < -0.4 is 5.32 Å². The molecule has 0 aromatic carbocycles. The van der Waals surface area contributed by atoms with Gasteiger partial charge in [0, 0.05) is 12.6 Å². The second-order valence-electron chi connectivity index (χ2n) is 6.54. The van der Waals surface area contributed by atoms with Crippen LogP contribution in [0.2, 0.25) is 0 Å². The number of aliphatic carboxylic acids is 1. The summed E-state index contributed by atoms with van der Waals surface area (Å²) in [4.78, 5) is 13.6. The monoisotopic (exact) mass is 268 g/mol. The Kier molecular flexibility index (Phi) is 5.22. The van der Waals surface area contributed by atoms with Gasteiger partial charge in [-0.3, -0.25) is 4.79 Å². The van der Waals surface area contributed by atoms with E-state index in [2.05, 4.69) is 24.1 Å². The largest absolute Gasteiger partial charge is 0.480 e. The van der Waals surface area contributed by atoms with Crippen molar-refractivity contribution in [2.45, 2.75) is 58.0 Å². The zero-order valence-corrected chi connectivity index (χ0v) is 12.3. The maximum absolute atomic E-state index is 11.2. The number of nitrogens with one attached hydrogen (secondary N) is 1. The van der Waals surface area contributed by atoms with Gasteiger partial charge in [-0.05, 0) is 57.0 Å². The predicted molar refractivity (Wildman–Crippen MR) is 76.2 cm³/mol. The number of rotatable bonds is 7. The van der Waals surface area contributed by atoms with E-state index in [-0.39, 0.29) is 6.04 Å². The standard InChI is InChI=1S/C15H28N2O2/c1-11(2)12-5-8-17(9-6-12)10-7-14(15(18)19)16-13-3-4-13/h11-14,16H,3-10H2,1-2H3,(H,18,19). The average Bonchev–Trinajstić information content (AvgIpc) is 3.18. The molecule has 1 saturated carbocycles. The third kappa shape index (κ3) is 4.77. The molecule has 2 aliphatic rings. The molecule has 19 heavy (non-hydrogen) atoms. The maximum Gasteiger partial charge on any atom is 0.320 e. The quantitative estimate of drug-likeness (QED) is 0.741. The fourth-order valence-corrected chi connectivity index (χ4v) is 2.97. The van der Waals surface area contributed by atoms with Crippen LogP contribution in [0.25, 0.3) is 0 Å². The summed E-state index contributed by atoms with van der Waals surface area (Å²) in [6.07, 6.45) is 5.56. The minimum atomic E-state index is -0.691. The van der Waals surface area contributed by atoms with E-state index in [1.54, 1.807) is 0 Å². The van der Waals surface area contributed by atoms with Gasteiger partial charge >= 0.3 is 5.97 Å². The molecule has 4 heteroatoms. The van der Waals surface area contributed by atoms with Gasteiger partial charge in [0.2, 0.25) is 0 Å². The van der Waals surface area contributed by atoms with Crippen LogP contribution in [-0.2, 0) is 4.79 Å². The van der Waals surface area contributed by atoms with Crippen LogP contribution in [0.4, 0.5) is 0 Å². The molecular formula is C15H28N2O2. The first kappa shape index (κ1) is 14.8. The van der Waals surface area contributed by atoms with Crippen LogP contribution >= 0.6 is 0 Å². The summed E-state index contributed by atoms with van der Waals surface area (Å²) in [5.74, 6) is 0.950. The van der Waals surface area contributed by atoms with Crippen molar-refractivity contribution in [3.8, 4) is 0 Å². The highest BCUT2D eigenvalue weighted by molar-refractivity contribution is 5.73. The summed E-state index contributed by atoms with van der Waals surface area (Å²) >= 11 is 0. The van der Waals surface area contributed by atoms with Gasteiger partial charge in [0.05, 0.1) is 0 Å². The van der Waals surface area contributed by atoms with E-state index in [1.807, 2.05) is 0 Å². The molecule has 1 heterocycles. The third-order valence-corrected chi connectivity index (χ3v) is 4.62. The molecule has 2 rings (SSSR count). The van der Waals surface area contributed by atoms with Crippen LogP contribution in [-0.4, -0.2) is 47.7 Å². The predicted octanol–water partition coefficient (Wildman–Crippen LogP) is 1.95. The van der Waals surface area contributed by atoms with Gasteiger partial charge in [-0.15, -0.1) is 0 Å². The Morgan fingerprint density at radius 1 is 1.26 bits per heavy atom. The molecule has 0 spiro atoms. The number of likely N-dealkylation sites (tertiary alicyclic amines) is 1. The first-order valence-electron chi connectivity index (χ1n) is 7.77. The minimum Gasteiger partial charge on any atom is -0.480 e. The van der Waals surface area contributed by atoms with Crippen molar-refractivity contribution in [3.05, 3.63) is 0 Å². The van der Waals surface area contributed by atoms with E-state index in [4.69, 9.17) is 0 Å². The number of nitrogens with zero attached hydrogens (tertiary/aromatic N) is 1. The lowest BCUT2D eigenvalue weighted by molar-refractivity contribution is -0.139. The molecule has 1 unspecified atom stereocenters. The van der Waals surface area contributed by atoms with Gasteiger partial charge in [-0.1, -0.05) is 13.8 Å². The summed E-state index contributed by atoms with van der Waals surface area (Å²) in [7, 11) is 0. The molecule has 0 radical (unpaired) electrons. The van der Waals surface area contributed by atoms with Gasteiger partial charge in [0.25, 0.3) is 0 Å². The van der Waals surface area contributed by atoms with Crippen molar-refractivity contribution < 1.29 is 9.90 Å². The third-order valence-electron chi connectivity index (χ3n) is 4.62. The summed E-state index contributed by atoms with van der Waals surface area (Å²) in [5, 5.41) is 12.4. The number of carbonyl (C=O) groups is 1. The zero-order valence-electron chi connectivity index (χ0n) is 12.3. The minimum absolute atomic E-state index is 0.352.